The summed E-state index contributed by atoms with van der Waals surface area (Å²) in [6.45, 7) is 0. The summed E-state index contributed by atoms with van der Waals surface area (Å²) in [6.07, 6.45) is 11.7. The average Bonchev–Trinajstić information content (AvgIpc) is 2.47. The third kappa shape index (κ3) is 2.49. The Labute approximate surface area is 131 Å². The van der Waals surface area contributed by atoms with E-state index in [9.17, 15) is 0 Å². The van der Waals surface area contributed by atoms with Gasteiger partial charge in [0.05, 0.1) is 5.02 Å². The monoisotopic (exact) mass is 305 g/mol. The molecule has 4 aliphatic rings. The van der Waals surface area contributed by atoms with Gasteiger partial charge in [-0.25, -0.2) is 0 Å². The molecule has 4 aliphatic carbocycles. The molecule has 1 atom stereocenters. The van der Waals surface area contributed by atoms with Crippen LogP contribution in [-0.4, -0.2) is 11.0 Å². The zero-order valence-electron chi connectivity index (χ0n) is 12.3. The Balaban J connectivity index is 1.55. The molecule has 1 aromatic rings. The molecule has 4 fully saturated rings. The van der Waals surface area contributed by atoms with E-state index in [2.05, 4.69) is 10.4 Å². The van der Waals surface area contributed by atoms with Crippen LogP contribution in [0.5, 0.6) is 0 Å². The Morgan fingerprint density at radius 2 is 1.86 bits per heavy atom. The van der Waals surface area contributed by atoms with Crippen molar-refractivity contribution in [1.29, 1.82) is 0 Å². The maximum absolute atomic E-state index is 6.28. The molecule has 1 aromatic heterocycles. The first-order valence-corrected chi connectivity index (χ1v) is 8.67. The van der Waals surface area contributed by atoms with Crippen molar-refractivity contribution in [3.05, 3.63) is 29.0 Å². The maximum atomic E-state index is 6.28. The molecule has 0 spiro atoms. The van der Waals surface area contributed by atoms with Gasteiger partial charge in [0, 0.05) is 18.4 Å². The molecule has 3 nitrogen and oxygen atoms in total. The number of rotatable bonds is 4. The number of halogens is 1. The van der Waals surface area contributed by atoms with Crippen LogP contribution in [0.15, 0.2) is 18.5 Å². The smallest absolute Gasteiger partial charge is 0.0621 e. The molecule has 0 saturated heterocycles. The zero-order valence-corrected chi connectivity index (χ0v) is 13.1. The third-order valence-electron chi connectivity index (χ3n) is 6.27. The summed E-state index contributed by atoms with van der Waals surface area (Å²) < 4.78 is 0. The first kappa shape index (κ1) is 14.0. The number of nitrogens with zero attached hydrogens (tertiary/aromatic N) is 1. The fourth-order valence-electron chi connectivity index (χ4n) is 5.74. The molecule has 0 radical (unpaired) electrons. The number of hydrogen-bond donors (Lipinski definition) is 2. The average molecular weight is 306 g/mol. The van der Waals surface area contributed by atoms with E-state index in [1.807, 2.05) is 12.3 Å². The zero-order chi connectivity index (χ0) is 14.4. The topological polar surface area (TPSA) is 50.9 Å². The Morgan fingerprint density at radius 1 is 1.19 bits per heavy atom. The van der Waals surface area contributed by atoms with Crippen LogP contribution in [-0.2, 0) is 6.42 Å². The minimum Gasteiger partial charge on any atom is -0.271 e. The van der Waals surface area contributed by atoms with Gasteiger partial charge in [-0.1, -0.05) is 11.6 Å². The van der Waals surface area contributed by atoms with Crippen molar-refractivity contribution in [3.63, 3.8) is 0 Å². The lowest BCUT2D eigenvalue weighted by Gasteiger charge is -2.56. The van der Waals surface area contributed by atoms with E-state index in [-0.39, 0.29) is 0 Å². The molecule has 0 amide bonds. The maximum Gasteiger partial charge on any atom is 0.0621 e. The molecule has 5 rings (SSSR count). The molecular weight excluding hydrogens is 282 g/mol. The Bertz CT molecular complexity index is 491. The van der Waals surface area contributed by atoms with Crippen molar-refractivity contribution >= 4 is 11.6 Å². The van der Waals surface area contributed by atoms with Crippen molar-refractivity contribution in [3.8, 4) is 0 Å². The highest BCUT2D eigenvalue weighted by molar-refractivity contribution is 6.31. The van der Waals surface area contributed by atoms with E-state index >= 15 is 0 Å². The van der Waals surface area contributed by atoms with Crippen molar-refractivity contribution < 1.29 is 0 Å². The normalized spacial score (nSPS) is 38.7. The Kier molecular flexibility index (Phi) is 3.68. The van der Waals surface area contributed by atoms with Gasteiger partial charge < -0.3 is 0 Å². The molecule has 4 heteroatoms. The summed E-state index contributed by atoms with van der Waals surface area (Å²) in [5, 5.41) is 0.765. The van der Waals surface area contributed by atoms with Crippen LogP contribution in [0.4, 0.5) is 0 Å². The van der Waals surface area contributed by atoms with E-state index in [1.165, 1.54) is 37.7 Å². The van der Waals surface area contributed by atoms with E-state index in [4.69, 9.17) is 17.4 Å². The van der Waals surface area contributed by atoms with E-state index in [1.54, 1.807) is 6.20 Å². The van der Waals surface area contributed by atoms with Gasteiger partial charge in [0.1, 0.15) is 0 Å². The van der Waals surface area contributed by atoms with Crippen LogP contribution in [0.3, 0.4) is 0 Å². The highest BCUT2D eigenvalue weighted by Crippen LogP contribution is 2.57. The largest absolute Gasteiger partial charge is 0.271 e. The lowest BCUT2D eigenvalue weighted by Crippen LogP contribution is -2.55. The van der Waals surface area contributed by atoms with E-state index in [0.717, 1.165) is 41.0 Å². The first-order valence-electron chi connectivity index (χ1n) is 8.29. The van der Waals surface area contributed by atoms with Crippen LogP contribution in [0.1, 0.15) is 37.7 Å². The van der Waals surface area contributed by atoms with Gasteiger partial charge in [0.25, 0.3) is 0 Å². The fraction of sp³-hybridized carbons (Fsp3) is 0.706. The van der Waals surface area contributed by atoms with Gasteiger partial charge in [-0.15, -0.1) is 0 Å². The van der Waals surface area contributed by atoms with Crippen LogP contribution in [0, 0.1) is 29.6 Å². The number of hydrazine groups is 1. The van der Waals surface area contributed by atoms with Gasteiger partial charge in [0.15, 0.2) is 0 Å². The second-order valence-electron chi connectivity index (χ2n) is 7.45. The fourth-order valence-corrected chi connectivity index (χ4v) is 5.93. The van der Waals surface area contributed by atoms with E-state index < -0.39 is 0 Å². The SMILES string of the molecule is NNC(Cc1ccncc1Cl)C1C2CC3CC(C2)CC1C3. The standard InChI is InChI=1S/C17H24ClN3/c18-15-9-20-2-1-12(15)8-16(21-19)17-13-4-10-3-11(6-13)7-14(17)5-10/h1-2,9-11,13-14,16-17,21H,3-8,19H2. The molecule has 4 saturated carbocycles. The van der Waals surface area contributed by atoms with Crippen molar-refractivity contribution in [1.82, 2.24) is 10.4 Å². The van der Waals surface area contributed by atoms with E-state index in [0.29, 0.717) is 6.04 Å². The summed E-state index contributed by atoms with van der Waals surface area (Å²) in [6, 6.07) is 2.38. The van der Waals surface area contributed by atoms with Crippen LogP contribution < -0.4 is 11.3 Å². The van der Waals surface area contributed by atoms with Crippen molar-refractivity contribution in [2.24, 2.45) is 35.4 Å². The summed E-state index contributed by atoms with van der Waals surface area (Å²) in [5.41, 5.74) is 4.30. The minimum absolute atomic E-state index is 0.347. The lowest BCUT2D eigenvalue weighted by atomic mass is 9.50. The first-order chi connectivity index (χ1) is 10.2. The van der Waals surface area contributed by atoms with Gasteiger partial charge in [0.2, 0.25) is 0 Å². The summed E-state index contributed by atoms with van der Waals surface area (Å²) in [7, 11) is 0. The number of pyridine rings is 1. The molecule has 1 heterocycles. The second-order valence-corrected chi connectivity index (χ2v) is 7.86. The number of nitrogens with two attached hydrogens (primary N) is 1. The summed E-state index contributed by atoms with van der Waals surface area (Å²) in [5.74, 6) is 10.4. The molecule has 4 bridgehead atoms. The molecule has 3 N–H and O–H groups in total. The molecular formula is C17H24ClN3. The van der Waals surface area contributed by atoms with Crippen molar-refractivity contribution in [2.75, 3.05) is 0 Å². The third-order valence-corrected chi connectivity index (χ3v) is 6.61. The summed E-state index contributed by atoms with van der Waals surface area (Å²) in [4.78, 5) is 4.08. The van der Waals surface area contributed by atoms with Crippen LogP contribution in [0.2, 0.25) is 5.02 Å². The molecule has 1 unspecified atom stereocenters. The molecule has 114 valence electrons. The van der Waals surface area contributed by atoms with Crippen LogP contribution in [0.25, 0.3) is 0 Å². The Hall–Kier alpha value is -0.640. The predicted molar refractivity (Wildman–Crippen MR) is 84.6 cm³/mol. The van der Waals surface area contributed by atoms with Gasteiger partial charge in [-0.2, -0.15) is 0 Å². The van der Waals surface area contributed by atoms with Gasteiger partial charge in [-0.3, -0.25) is 16.3 Å². The number of nitrogens with one attached hydrogen (secondary N) is 1. The quantitative estimate of drug-likeness (QED) is 0.663. The predicted octanol–water partition coefficient (Wildman–Crippen LogP) is 3.18. The van der Waals surface area contributed by atoms with Gasteiger partial charge in [-0.05, 0) is 79.7 Å². The number of hydrogen-bond acceptors (Lipinski definition) is 3. The summed E-state index contributed by atoms with van der Waals surface area (Å²) >= 11 is 6.28. The van der Waals surface area contributed by atoms with Crippen LogP contribution >= 0.6 is 11.6 Å². The highest BCUT2D eigenvalue weighted by Gasteiger charge is 2.50. The lowest BCUT2D eigenvalue weighted by molar-refractivity contribution is -0.0517. The highest BCUT2D eigenvalue weighted by atomic mass is 35.5. The second kappa shape index (κ2) is 5.53. The Morgan fingerprint density at radius 3 is 2.43 bits per heavy atom. The number of aromatic nitrogens is 1. The van der Waals surface area contributed by atoms with Gasteiger partial charge >= 0.3 is 0 Å². The molecule has 0 aliphatic heterocycles. The minimum atomic E-state index is 0.347. The van der Waals surface area contributed by atoms with Crippen molar-refractivity contribution in [2.45, 2.75) is 44.6 Å². The molecule has 21 heavy (non-hydrogen) atoms. The molecule has 0 aromatic carbocycles.